The first-order valence-corrected chi connectivity index (χ1v) is 13.0. The van der Waals surface area contributed by atoms with Gasteiger partial charge in [-0.25, -0.2) is 9.19 Å². The summed E-state index contributed by atoms with van der Waals surface area (Å²) in [6.45, 7) is 3.33. The minimum Gasteiger partial charge on any atom is -0.497 e. The van der Waals surface area contributed by atoms with Gasteiger partial charge in [0.1, 0.15) is 17.8 Å². The number of hydrogen-bond acceptors (Lipinski definition) is 7. The van der Waals surface area contributed by atoms with Gasteiger partial charge < -0.3 is 9.47 Å². The Morgan fingerprint density at radius 1 is 1.09 bits per heavy atom. The third kappa shape index (κ3) is 5.84. The van der Waals surface area contributed by atoms with Gasteiger partial charge in [0.05, 0.1) is 25.7 Å². The lowest BCUT2D eigenvalue weighted by Gasteiger charge is -2.27. The fourth-order valence-electron chi connectivity index (χ4n) is 3.86. The van der Waals surface area contributed by atoms with E-state index in [0.717, 1.165) is 30.8 Å². The van der Waals surface area contributed by atoms with Gasteiger partial charge >= 0.3 is 0 Å². The van der Waals surface area contributed by atoms with Gasteiger partial charge in [-0.1, -0.05) is 24.1 Å². The van der Waals surface area contributed by atoms with Crippen molar-refractivity contribution in [3.05, 3.63) is 58.9 Å². The monoisotopic (exact) mass is 506 g/mol. The maximum Gasteiger partial charge on any atom is 0.217 e. The molecule has 1 aromatic heterocycles. The van der Waals surface area contributed by atoms with Crippen LogP contribution in [-0.4, -0.2) is 45.8 Å². The van der Waals surface area contributed by atoms with Crippen molar-refractivity contribution in [3.63, 3.8) is 0 Å². The van der Waals surface area contributed by atoms with Crippen LogP contribution < -0.4 is 13.8 Å². The highest BCUT2D eigenvalue weighted by Crippen LogP contribution is 2.31. The molecule has 7 nitrogen and oxygen atoms in total. The molecule has 176 valence electrons. The highest BCUT2D eigenvalue weighted by Gasteiger charge is 2.22. The van der Waals surface area contributed by atoms with Crippen molar-refractivity contribution < 1.29 is 13.7 Å². The lowest BCUT2D eigenvalue weighted by atomic mass is 10.1. The summed E-state index contributed by atoms with van der Waals surface area (Å²) in [5, 5.41) is 1.19. The van der Waals surface area contributed by atoms with Crippen LogP contribution in [0.15, 0.2) is 47.6 Å². The molecular weight excluding hydrogens is 480 g/mol. The average molecular weight is 507 g/mol. The van der Waals surface area contributed by atoms with Crippen LogP contribution in [0.1, 0.15) is 30.4 Å². The summed E-state index contributed by atoms with van der Waals surface area (Å²) in [7, 11) is 1.67. The molecule has 0 spiro atoms. The van der Waals surface area contributed by atoms with E-state index in [1.54, 1.807) is 24.6 Å². The Morgan fingerprint density at radius 3 is 2.55 bits per heavy atom. The summed E-state index contributed by atoms with van der Waals surface area (Å²) in [6.07, 6.45) is 5.21. The van der Waals surface area contributed by atoms with E-state index in [1.807, 2.05) is 30.3 Å². The van der Waals surface area contributed by atoms with E-state index in [1.165, 1.54) is 37.1 Å². The van der Waals surface area contributed by atoms with Gasteiger partial charge in [-0.05, 0) is 55.8 Å². The Hall–Kier alpha value is -2.20. The zero-order valence-electron chi connectivity index (χ0n) is 18.7. The van der Waals surface area contributed by atoms with Crippen molar-refractivity contribution in [3.8, 4) is 11.5 Å². The topological polar surface area (TPSA) is 67.8 Å². The maximum atomic E-state index is 13.7. The van der Waals surface area contributed by atoms with Crippen LogP contribution in [0.25, 0.3) is 0 Å². The summed E-state index contributed by atoms with van der Waals surface area (Å²) in [5.74, 6) is 1.34. The molecule has 4 rings (SSSR count). The molecule has 0 N–H and O–H groups in total. The Kier molecular flexibility index (Phi) is 8.19. The van der Waals surface area contributed by atoms with E-state index >= 15 is 0 Å². The maximum absolute atomic E-state index is 13.7. The van der Waals surface area contributed by atoms with Crippen LogP contribution in [0.3, 0.4) is 0 Å². The van der Waals surface area contributed by atoms with E-state index in [0.29, 0.717) is 33.1 Å². The number of methoxy groups -OCH3 is 2. The molecule has 0 radical (unpaired) electrons. The second-order valence-electron chi connectivity index (χ2n) is 7.78. The largest absolute Gasteiger partial charge is 0.497 e. The van der Waals surface area contributed by atoms with Crippen molar-refractivity contribution in [2.24, 2.45) is 0 Å². The third-order valence-electron chi connectivity index (χ3n) is 5.64. The summed E-state index contributed by atoms with van der Waals surface area (Å²) in [4.78, 5) is 7.34. The molecular formula is C23H27ClN4O3S2. The van der Waals surface area contributed by atoms with E-state index < -0.39 is 11.0 Å². The molecule has 1 saturated heterocycles. The second-order valence-corrected chi connectivity index (χ2v) is 10.4. The van der Waals surface area contributed by atoms with E-state index in [2.05, 4.69) is 14.3 Å². The highest BCUT2D eigenvalue weighted by molar-refractivity contribution is 7.86. The number of benzene rings is 2. The SMILES string of the molecule is COc1ccc(CN(c2ncns2)S(=O)c2ccc(CN3CCCCC3)c(Cl)c2)c(OC)c1. The Morgan fingerprint density at radius 2 is 1.88 bits per heavy atom. The lowest BCUT2D eigenvalue weighted by Crippen LogP contribution is -2.29. The normalized spacial score (nSPS) is 15.2. The minimum absolute atomic E-state index is 0.322. The molecule has 0 amide bonds. The predicted molar refractivity (Wildman–Crippen MR) is 133 cm³/mol. The smallest absolute Gasteiger partial charge is 0.217 e. The summed E-state index contributed by atoms with van der Waals surface area (Å²) in [5.41, 5.74) is 1.91. The summed E-state index contributed by atoms with van der Waals surface area (Å²) in [6, 6.07) is 11.2. The fraction of sp³-hybridized carbons (Fsp3) is 0.391. The Bertz CT molecular complexity index is 1090. The molecule has 1 fully saturated rings. The zero-order chi connectivity index (χ0) is 23.2. The number of anilines is 1. The summed E-state index contributed by atoms with van der Waals surface area (Å²) >= 11 is 7.82. The number of rotatable bonds is 9. The first-order valence-electron chi connectivity index (χ1n) is 10.8. The molecule has 2 aromatic carbocycles. The first kappa shape index (κ1) is 23.9. The van der Waals surface area contributed by atoms with Crippen LogP contribution in [0.2, 0.25) is 5.02 Å². The van der Waals surface area contributed by atoms with Gasteiger partial charge in [-0.15, -0.1) is 0 Å². The van der Waals surface area contributed by atoms with Crippen LogP contribution in [0.4, 0.5) is 5.13 Å². The van der Waals surface area contributed by atoms with Crippen LogP contribution in [0, 0.1) is 0 Å². The number of piperidine rings is 1. The second kappa shape index (κ2) is 11.3. The molecule has 1 atom stereocenters. The van der Waals surface area contributed by atoms with E-state index in [-0.39, 0.29) is 0 Å². The number of ether oxygens (including phenoxy) is 2. The first-order chi connectivity index (χ1) is 16.1. The van der Waals surface area contributed by atoms with E-state index in [4.69, 9.17) is 21.1 Å². The number of hydrogen-bond donors (Lipinski definition) is 0. The molecule has 0 aliphatic carbocycles. The van der Waals surface area contributed by atoms with Gasteiger partial charge in [-0.3, -0.25) is 9.21 Å². The average Bonchev–Trinajstić information content (AvgIpc) is 3.38. The highest BCUT2D eigenvalue weighted by atomic mass is 35.5. The molecule has 1 aliphatic rings. The number of likely N-dealkylation sites (tertiary alicyclic amines) is 1. The van der Waals surface area contributed by atoms with Gasteiger partial charge in [0.25, 0.3) is 0 Å². The number of halogens is 1. The van der Waals surface area contributed by atoms with Crippen LogP contribution in [0.5, 0.6) is 11.5 Å². The molecule has 2 heterocycles. The molecule has 0 bridgehead atoms. The van der Waals surface area contributed by atoms with Gasteiger partial charge in [0.15, 0.2) is 11.0 Å². The van der Waals surface area contributed by atoms with Crippen molar-refractivity contribution in [2.75, 3.05) is 31.6 Å². The standard InChI is InChI=1S/C23H27ClN4O3S2/c1-30-19-8-6-18(22(12-19)31-2)15-28(23-25-16-26-32-23)33(29)20-9-7-17(21(24)13-20)14-27-10-4-3-5-11-27/h6-9,12-13,16H,3-5,10-11,14-15H2,1-2H3. The van der Waals surface area contributed by atoms with E-state index in [9.17, 15) is 4.21 Å². The Balaban J connectivity index is 1.58. The minimum atomic E-state index is -1.54. The molecule has 10 heteroatoms. The van der Waals surface area contributed by atoms with Gasteiger partial charge in [0, 0.05) is 34.7 Å². The quantitative estimate of drug-likeness (QED) is 0.410. The molecule has 1 aliphatic heterocycles. The Labute approximate surface area is 206 Å². The van der Waals surface area contributed by atoms with Gasteiger partial charge in [0.2, 0.25) is 5.13 Å². The van der Waals surface area contributed by atoms with Crippen molar-refractivity contribution in [2.45, 2.75) is 37.2 Å². The number of aromatic nitrogens is 2. The molecule has 0 saturated carbocycles. The molecule has 33 heavy (non-hydrogen) atoms. The van der Waals surface area contributed by atoms with Crippen molar-refractivity contribution >= 4 is 39.3 Å². The molecule has 3 aromatic rings. The molecule has 1 unspecified atom stereocenters. The van der Waals surface area contributed by atoms with Crippen LogP contribution >= 0.6 is 23.1 Å². The van der Waals surface area contributed by atoms with Crippen molar-refractivity contribution in [1.29, 1.82) is 0 Å². The fourth-order valence-corrected chi connectivity index (χ4v) is 6.01. The summed E-state index contributed by atoms with van der Waals surface area (Å²) < 4.78 is 30.3. The zero-order valence-corrected chi connectivity index (χ0v) is 21.1. The lowest BCUT2D eigenvalue weighted by molar-refractivity contribution is 0.221. The van der Waals surface area contributed by atoms with Gasteiger partial charge in [-0.2, -0.15) is 4.37 Å². The number of nitrogens with zero attached hydrogens (tertiary/aromatic N) is 4. The third-order valence-corrected chi connectivity index (χ3v) is 8.16. The van der Waals surface area contributed by atoms with Crippen molar-refractivity contribution in [1.82, 2.24) is 14.3 Å². The predicted octanol–water partition coefficient (Wildman–Crippen LogP) is 4.92. The van der Waals surface area contributed by atoms with Crippen LogP contribution in [-0.2, 0) is 24.1 Å².